The Morgan fingerprint density at radius 2 is 2.21 bits per heavy atom. The molecular formula is C13H19N3O3. The Labute approximate surface area is 112 Å². The molecule has 6 heteroatoms. The molecule has 104 valence electrons. The van der Waals surface area contributed by atoms with Crippen molar-refractivity contribution < 1.29 is 14.7 Å². The monoisotopic (exact) mass is 265 g/mol. The van der Waals surface area contributed by atoms with E-state index in [9.17, 15) is 9.59 Å². The van der Waals surface area contributed by atoms with Crippen LogP contribution in [0.3, 0.4) is 0 Å². The summed E-state index contributed by atoms with van der Waals surface area (Å²) in [6.07, 6.45) is 2.32. The van der Waals surface area contributed by atoms with Gasteiger partial charge < -0.3 is 15.3 Å². The van der Waals surface area contributed by atoms with Crippen molar-refractivity contribution in [3.63, 3.8) is 0 Å². The van der Waals surface area contributed by atoms with Gasteiger partial charge in [-0.15, -0.1) is 0 Å². The van der Waals surface area contributed by atoms with E-state index in [1.807, 2.05) is 13.8 Å². The standard InChI is InChI=1S/C13H19N3O3/c1-4-9(2)16(8-12(17)18)10-5-6-15-11(7-10)13(19)14-3/h5-7,9H,4,8H2,1-3H3,(H,14,19)(H,17,18). The van der Waals surface area contributed by atoms with Crippen LogP contribution in [0.25, 0.3) is 0 Å². The maximum absolute atomic E-state index is 11.5. The Kier molecular flexibility index (Phi) is 5.29. The van der Waals surface area contributed by atoms with Gasteiger partial charge in [-0.2, -0.15) is 0 Å². The van der Waals surface area contributed by atoms with E-state index in [0.717, 1.165) is 6.42 Å². The molecule has 1 aromatic rings. The number of aliphatic carboxylic acids is 1. The maximum Gasteiger partial charge on any atom is 0.323 e. The van der Waals surface area contributed by atoms with E-state index in [2.05, 4.69) is 10.3 Å². The van der Waals surface area contributed by atoms with Crippen LogP contribution in [0.15, 0.2) is 18.3 Å². The highest BCUT2D eigenvalue weighted by atomic mass is 16.4. The van der Waals surface area contributed by atoms with Crippen molar-refractivity contribution in [3.05, 3.63) is 24.0 Å². The average molecular weight is 265 g/mol. The molecule has 1 aromatic heterocycles. The van der Waals surface area contributed by atoms with Crippen LogP contribution < -0.4 is 10.2 Å². The number of rotatable bonds is 6. The van der Waals surface area contributed by atoms with Gasteiger partial charge in [-0.25, -0.2) is 0 Å². The summed E-state index contributed by atoms with van der Waals surface area (Å²) in [7, 11) is 1.53. The average Bonchev–Trinajstić information content (AvgIpc) is 2.43. The molecule has 6 nitrogen and oxygen atoms in total. The van der Waals surface area contributed by atoms with Crippen LogP contribution in [-0.4, -0.2) is 41.6 Å². The molecule has 1 unspecified atom stereocenters. The molecule has 0 spiro atoms. The number of nitrogens with one attached hydrogen (secondary N) is 1. The largest absolute Gasteiger partial charge is 0.480 e. The highest BCUT2D eigenvalue weighted by Gasteiger charge is 2.17. The van der Waals surface area contributed by atoms with Crippen molar-refractivity contribution in [1.82, 2.24) is 10.3 Å². The Bertz CT molecular complexity index is 462. The summed E-state index contributed by atoms with van der Waals surface area (Å²) >= 11 is 0. The zero-order valence-corrected chi connectivity index (χ0v) is 11.4. The first-order chi connectivity index (χ1) is 8.99. The van der Waals surface area contributed by atoms with E-state index >= 15 is 0 Å². The van der Waals surface area contributed by atoms with Crippen molar-refractivity contribution in [1.29, 1.82) is 0 Å². The maximum atomic E-state index is 11.5. The van der Waals surface area contributed by atoms with Crippen molar-refractivity contribution in [2.75, 3.05) is 18.5 Å². The molecule has 0 saturated heterocycles. The summed E-state index contributed by atoms with van der Waals surface area (Å²) in [5.74, 6) is -1.19. The van der Waals surface area contributed by atoms with Crippen LogP contribution in [-0.2, 0) is 4.79 Å². The fourth-order valence-corrected chi connectivity index (χ4v) is 1.72. The van der Waals surface area contributed by atoms with Gasteiger partial charge in [-0.05, 0) is 25.5 Å². The summed E-state index contributed by atoms with van der Waals surface area (Å²) in [4.78, 5) is 28.2. The molecule has 0 aromatic carbocycles. The first-order valence-corrected chi connectivity index (χ1v) is 6.16. The molecular weight excluding hydrogens is 246 g/mol. The zero-order chi connectivity index (χ0) is 14.4. The summed E-state index contributed by atoms with van der Waals surface area (Å²) in [6, 6.07) is 3.38. The second kappa shape index (κ2) is 6.72. The Balaban J connectivity index is 3.08. The minimum Gasteiger partial charge on any atom is -0.480 e. The van der Waals surface area contributed by atoms with Gasteiger partial charge >= 0.3 is 5.97 Å². The van der Waals surface area contributed by atoms with Crippen molar-refractivity contribution in [3.8, 4) is 0 Å². The Morgan fingerprint density at radius 1 is 1.53 bits per heavy atom. The normalized spacial score (nSPS) is 11.7. The van der Waals surface area contributed by atoms with E-state index in [1.165, 1.54) is 13.2 Å². The van der Waals surface area contributed by atoms with Gasteiger partial charge in [0, 0.05) is 25.0 Å². The van der Waals surface area contributed by atoms with Crippen LogP contribution in [0.1, 0.15) is 30.8 Å². The fraction of sp³-hybridized carbons (Fsp3) is 0.462. The molecule has 0 aliphatic heterocycles. The molecule has 1 rings (SSSR count). The smallest absolute Gasteiger partial charge is 0.323 e. The lowest BCUT2D eigenvalue weighted by Gasteiger charge is -2.29. The topological polar surface area (TPSA) is 82.5 Å². The van der Waals surface area contributed by atoms with E-state index in [4.69, 9.17) is 5.11 Å². The van der Waals surface area contributed by atoms with Gasteiger partial charge in [-0.1, -0.05) is 6.92 Å². The highest BCUT2D eigenvalue weighted by molar-refractivity contribution is 5.93. The van der Waals surface area contributed by atoms with E-state index in [1.54, 1.807) is 17.0 Å². The molecule has 0 radical (unpaired) electrons. The van der Waals surface area contributed by atoms with Gasteiger partial charge in [0.25, 0.3) is 5.91 Å². The van der Waals surface area contributed by atoms with Gasteiger partial charge in [-0.3, -0.25) is 14.6 Å². The number of carbonyl (C=O) groups excluding carboxylic acids is 1. The van der Waals surface area contributed by atoms with Crippen LogP contribution in [0.2, 0.25) is 0 Å². The third-order valence-corrected chi connectivity index (χ3v) is 2.96. The van der Waals surface area contributed by atoms with Crippen LogP contribution in [0.4, 0.5) is 5.69 Å². The Hall–Kier alpha value is -2.11. The van der Waals surface area contributed by atoms with E-state index in [0.29, 0.717) is 5.69 Å². The first-order valence-electron chi connectivity index (χ1n) is 6.16. The fourth-order valence-electron chi connectivity index (χ4n) is 1.72. The highest BCUT2D eigenvalue weighted by Crippen LogP contribution is 2.18. The predicted molar refractivity (Wildman–Crippen MR) is 72.4 cm³/mol. The van der Waals surface area contributed by atoms with Crippen LogP contribution >= 0.6 is 0 Å². The second-order valence-corrected chi connectivity index (χ2v) is 4.26. The lowest BCUT2D eigenvalue weighted by atomic mass is 10.2. The summed E-state index contributed by atoms with van der Waals surface area (Å²) < 4.78 is 0. The minimum absolute atomic E-state index is 0.0658. The SMILES string of the molecule is CCC(C)N(CC(=O)O)c1ccnc(C(=O)NC)c1. The lowest BCUT2D eigenvalue weighted by molar-refractivity contribution is -0.135. The molecule has 0 aliphatic rings. The number of hydrogen-bond acceptors (Lipinski definition) is 4. The molecule has 19 heavy (non-hydrogen) atoms. The number of carbonyl (C=O) groups is 2. The predicted octanol–water partition coefficient (Wildman–Crippen LogP) is 1.13. The van der Waals surface area contributed by atoms with E-state index in [-0.39, 0.29) is 24.2 Å². The third kappa shape index (κ3) is 3.94. The van der Waals surface area contributed by atoms with Crippen molar-refractivity contribution >= 4 is 17.6 Å². The van der Waals surface area contributed by atoms with Crippen molar-refractivity contribution in [2.24, 2.45) is 0 Å². The first kappa shape index (κ1) is 14.9. The van der Waals surface area contributed by atoms with Gasteiger partial charge in [0.15, 0.2) is 0 Å². The number of aromatic nitrogens is 1. The number of nitrogens with zero attached hydrogens (tertiary/aromatic N) is 2. The molecule has 0 saturated carbocycles. The summed E-state index contributed by atoms with van der Waals surface area (Å²) in [6.45, 7) is 3.83. The molecule has 0 fully saturated rings. The minimum atomic E-state index is -0.904. The zero-order valence-electron chi connectivity index (χ0n) is 11.4. The third-order valence-electron chi connectivity index (χ3n) is 2.96. The second-order valence-electron chi connectivity index (χ2n) is 4.26. The van der Waals surface area contributed by atoms with Gasteiger partial charge in [0.2, 0.25) is 0 Å². The van der Waals surface area contributed by atoms with E-state index < -0.39 is 5.97 Å². The van der Waals surface area contributed by atoms with Crippen LogP contribution in [0, 0.1) is 0 Å². The molecule has 1 atom stereocenters. The number of amides is 1. The number of pyridine rings is 1. The van der Waals surface area contributed by atoms with Crippen LogP contribution in [0.5, 0.6) is 0 Å². The number of carboxylic acid groups (broad SMARTS) is 1. The molecule has 0 aliphatic carbocycles. The summed E-state index contributed by atoms with van der Waals surface area (Å²) in [5, 5.41) is 11.5. The number of carboxylic acids is 1. The molecule has 2 N–H and O–H groups in total. The molecule has 1 heterocycles. The van der Waals surface area contributed by atoms with Gasteiger partial charge in [0.1, 0.15) is 12.2 Å². The molecule has 0 bridgehead atoms. The number of hydrogen-bond donors (Lipinski definition) is 2. The number of anilines is 1. The molecule has 1 amide bonds. The van der Waals surface area contributed by atoms with Gasteiger partial charge in [0.05, 0.1) is 0 Å². The summed E-state index contributed by atoms with van der Waals surface area (Å²) in [5.41, 5.74) is 0.962. The lowest BCUT2D eigenvalue weighted by Crippen LogP contribution is -2.37. The Morgan fingerprint density at radius 3 is 2.74 bits per heavy atom. The van der Waals surface area contributed by atoms with Crippen molar-refractivity contribution in [2.45, 2.75) is 26.3 Å². The quantitative estimate of drug-likeness (QED) is 0.805.